The summed E-state index contributed by atoms with van der Waals surface area (Å²) in [5.41, 5.74) is 0.481. The van der Waals surface area contributed by atoms with Crippen molar-refractivity contribution in [1.82, 2.24) is 15.5 Å². The molecule has 0 saturated carbocycles. The van der Waals surface area contributed by atoms with Gasteiger partial charge in [-0.05, 0) is 24.0 Å². The molecule has 2 rings (SSSR count). The number of aliphatic imine (C=N–C) groups is 1. The van der Waals surface area contributed by atoms with Gasteiger partial charge in [-0.3, -0.25) is 9.89 Å². The number of halogens is 3. The van der Waals surface area contributed by atoms with Crippen molar-refractivity contribution in [3.05, 3.63) is 35.4 Å². The fourth-order valence-electron chi connectivity index (χ4n) is 3.06. The van der Waals surface area contributed by atoms with E-state index in [1.165, 1.54) is 12.1 Å². The first-order valence-corrected chi connectivity index (χ1v) is 9.20. The third-order valence-electron chi connectivity index (χ3n) is 4.27. The van der Waals surface area contributed by atoms with Gasteiger partial charge in [0.15, 0.2) is 5.96 Å². The first kappa shape index (κ1) is 24.0. The van der Waals surface area contributed by atoms with E-state index in [9.17, 15) is 8.78 Å². The molecule has 0 aromatic heterocycles. The first-order chi connectivity index (χ1) is 12.5. The van der Waals surface area contributed by atoms with Crippen LogP contribution >= 0.6 is 24.0 Å². The van der Waals surface area contributed by atoms with Gasteiger partial charge in [0.1, 0.15) is 11.6 Å². The lowest BCUT2D eigenvalue weighted by molar-refractivity contribution is -0.0284. The maximum absolute atomic E-state index is 13.6. The predicted molar refractivity (Wildman–Crippen MR) is 116 cm³/mol. The number of ether oxygens (including phenoxy) is 1. The molecule has 1 fully saturated rings. The maximum Gasteiger partial charge on any atom is 0.191 e. The zero-order chi connectivity index (χ0) is 18.9. The average Bonchev–Trinajstić information content (AvgIpc) is 2.59. The monoisotopic (exact) mass is 496 g/mol. The first-order valence-electron chi connectivity index (χ1n) is 9.20. The normalized spacial score (nSPS) is 18.3. The van der Waals surface area contributed by atoms with E-state index in [-0.39, 0.29) is 30.1 Å². The summed E-state index contributed by atoms with van der Waals surface area (Å²) in [6, 6.07) is 3.66. The van der Waals surface area contributed by atoms with Crippen LogP contribution in [0.3, 0.4) is 0 Å². The number of morpholine rings is 1. The van der Waals surface area contributed by atoms with Crippen molar-refractivity contribution < 1.29 is 13.5 Å². The number of rotatable bonds is 7. The lowest BCUT2D eigenvalue weighted by atomic mass is 10.1. The summed E-state index contributed by atoms with van der Waals surface area (Å²) < 4.78 is 32.4. The van der Waals surface area contributed by atoms with Crippen molar-refractivity contribution in [2.45, 2.75) is 26.4 Å². The zero-order valence-corrected chi connectivity index (χ0v) is 18.6. The topological polar surface area (TPSA) is 48.9 Å². The van der Waals surface area contributed by atoms with Gasteiger partial charge >= 0.3 is 0 Å². The van der Waals surface area contributed by atoms with Crippen LogP contribution in [0.15, 0.2) is 23.2 Å². The Hall–Kier alpha value is -1.00. The molecule has 0 spiro atoms. The van der Waals surface area contributed by atoms with Gasteiger partial charge in [-0.15, -0.1) is 24.0 Å². The van der Waals surface area contributed by atoms with Crippen LogP contribution in [-0.2, 0) is 11.2 Å². The van der Waals surface area contributed by atoms with Gasteiger partial charge in [0.2, 0.25) is 0 Å². The van der Waals surface area contributed by atoms with Gasteiger partial charge in [-0.1, -0.05) is 19.9 Å². The molecule has 8 heteroatoms. The Morgan fingerprint density at radius 3 is 2.78 bits per heavy atom. The van der Waals surface area contributed by atoms with Gasteiger partial charge in [-0.25, -0.2) is 8.78 Å². The Kier molecular flexibility index (Phi) is 11.1. The molecular formula is C19H31F2IN4O. The molecule has 1 aliphatic heterocycles. The van der Waals surface area contributed by atoms with E-state index >= 15 is 0 Å². The van der Waals surface area contributed by atoms with Crippen molar-refractivity contribution in [1.29, 1.82) is 0 Å². The molecule has 1 aromatic carbocycles. The number of hydrogen-bond acceptors (Lipinski definition) is 3. The molecule has 0 aliphatic carbocycles. The maximum atomic E-state index is 13.6. The highest BCUT2D eigenvalue weighted by molar-refractivity contribution is 14.0. The molecule has 1 aliphatic rings. The minimum atomic E-state index is -0.560. The summed E-state index contributed by atoms with van der Waals surface area (Å²) in [4.78, 5) is 6.60. The molecule has 2 N–H and O–H groups in total. The highest BCUT2D eigenvalue weighted by Gasteiger charge is 2.21. The molecule has 1 unspecified atom stereocenters. The van der Waals surface area contributed by atoms with Gasteiger partial charge in [0, 0.05) is 45.8 Å². The van der Waals surface area contributed by atoms with Crippen LogP contribution in [0, 0.1) is 17.6 Å². The second-order valence-corrected chi connectivity index (χ2v) is 7.01. The third kappa shape index (κ3) is 8.69. The van der Waals surface area contributed by atoms with Crippen LogP contribution in [0.1, 0.15) is 19.4 Å². The molecule has 5 nitrogen and oxygen atoms in total. The Morgan fingerprint density at radius 2 is 2.11 bits per heavy atom. The van der Waals surface area contributed by atoms with E-state index in [4.69, 9.17) is 4.74 Å². The number of guanidine groups is 1. The van der Waals surface area contributed by atoms with Crippen LogP contribution in [0.5, 0.6) is 0 Å². The average molecular weight is 496 g/mol. The summed E-state index contributed by atoms with van der Waals surface area (Å²) in [6.45, 7) is 9.32. The van der Waals surface area contributed by atoms with Crippen LogP contribution in [0.2, 0.25) is 0 Å². The summed E-state index contributed by atoms with van der Waals surface area (Å²) in [5.74, 6) is 0.214. The van der Waals surface area contributed by atoms with E-state index in [1.807, 2.05) is 0 Å². The summed E-state index contributed by atoms with van der Waals surface area (Å²) in [5, 5.41) is 6.41. The quantitative estimate of drug-likeness (QED) is 0.347. The van der Waals surface area contributed by atoms with Crippen molar-refractivity contribution in [3.63, 3.8) is 0 Å². The highest BCUT2D eigenvalue weighted by atomic mass is 127. The molecule has 27 heavy (non-hydrogen) atoms. The van der Waals surface area contributed by atoms with Crippen molar-refractivity contribution >= 4 is 29.9 Å². The Bertz CT molecular complexity index is 601. The SMILES string of the molecule is CN=C(NCCc1ccc(F)cc1F)NCC1CN(CC(C)C)CCO1.I. The number of nitrogens with one attached hydrogen (secondary N) is 2. The van der Waals surface area contributed by atoms with Crippen LogP contribution in [0.4, 0.5) is 8.78 Å². The zero-order valence-electron chi connectivity index (χ0n) is 16.3. The predicted octanol–water partition coefficient (Wildman–Crippen LogP) is 2.65. The Balaban J connectivity index is 0.00000364. The minimum absolute atomic E-state index is 0. The molecule has 1 aromatic rings. The van der Waals surface area contributed by atoms with Crippen molar-refractivity contribution in [2.24, 2.45) is 10.9 Å². The Labute approximate surface area is 178 Å². The van der Waals surface area contributed by atoms with Gasteiger partial charge in [0.25, 0.3) is 0 Å². The van der Waals surface area contributed by atoms with E-state index in [0.717, 1.165) is 32.3 Å². The number of hydrogen-bond donors (Lipinski definition) is 2. The third-order valence-corrected chi connectivity index (χ3v) is 4.27. The molecule has 154 valence electrons. The second kappa shape index (κ2) is 12.5. The summed E-state index contributed by atoms with van der Waals surface area (Å²) in [7, 11) is 1.70. The second-order valence-electron chi connectivity index (χ2n) is 7.01. The van der Waals surface area contributed by atoms with Crippen LogP contribution < -0.4 is 10.6 Å². The summed E-state index contributed by atoms with van der Waals surface area (Å²) in [6.07, 6.45) is 0.574. The molecule has 0 amide bonds. The van der Waals surface area contributed by atoms with Crippen LogP contribution in [0.25, 0.3) is 0 Å². The standard InChI is InChI=1S/C19H30F2N4O.HI/c1-14(2)12-25-8-9-26-17(13-25)11-24-19(22-3)23-7-6-15-4-5-16(20)10-18(15)21;/h4-5,10,14,17H,6-9,11-13H2,1-3H3,(H2,22,23,24);1H. The van der Waals surface area contributed by atoms with E-state index in [2.05, 4.69) is 34.4 Å². The minimum Gasteiger partial charge on any atom is -0.374 e. The van der Waals surface area contributed by atoms with E-state index in [1.54, 1.807) is 7.05 Å². The van der Waals surface area contributed by atoms with E-state index in [0.29, 0.717) is 37.0 Å². The highest BCUT2D eigenvalue weighted by Crippen LogP contribution is 2.10. The van der Waals surface area contributed by atoms with Crippen molar-refractivity contribution in [2.75, 3.05) is 46.4 Å². The fourth-order valence-corrected chi connectivity index (χ4v) is 3.06. The van der Waals surface area contributed by atoms with Crippen molar-refractivity contribution in [3.8, 4) is 0 Å². The summed E-state index contributed by atoms with van der Waals surface area (Å²) >= 11 is 0. The Morgan fingerprint density at radius 1 is 1.33 bits per heavy atom. The van der Waals surface area contributed by atoms with Gasteiger partial charge < -0.3 is 15.4 Å². The molecule has 1 atom stereocenters. The number of benzene rings is 1. The fraction of sp³-hybridized carbons (Fsp3) is 0.632. The van der Waals surface area contributed by atoms with E-state index < -0.39 is 11.6 Å². The molecular weight excluding hydrogens is 465 g/mol. The molecule has 1 heterocycles. The van der Waals surface area contributed by atoms with Gasteiger partial charge in [0.05, 0.1) is 12.7 Å². The lowest BCUT2D eigenvalue weighted by Crippen LogP contribution is -2.50. The lowest BCUT2D eigenvalue weighted by Gasteiger charge is -2.34. The largest absolute Gasteiger partial charge is 0.374 e. The van der Waals surface area contributed by atoms with Gasteiger partial charge in [-0.2, -0.15) is 0 Å². The molecule has 0 radical (unpaired) electrons. The molecule has 0 bridgehead atoms. The van der Waals surface area contributed by atoms with Crippen LogP contribution in [-0.4, -0.2) is 63.3 Å². The smallest absolute Gasteiger partial charge is 0.191 e. The number of nitrogens with zero attached hydrogens (tertiary/aromatic N) is 2. The molecule has 1 saturated heterocycles.